The Kier molecular flexibility index (Phi) is 6.48. The van der Waals surface area contributed by atoms with Gasteiger partial charge in [-0.05, 0) is 55.9 Å². The molecule has 1 aliphatic rings. The number of benzene rings is 1. The summed E-state index contributed by atoms with van der Waals surface area (Å²) in [5.41, 5.74) is 0.862. The third-order valence-electron chi connectivity index (χ3n) is 4.63. The van der Waals surface area contributed by atoms with E-state index in [4.69, 9.17) is 4.74 Å². The molecule has 0 radical (unpaired) electrons. The minimum absolute atomic E-state index is 0.0505. The van der Waals surface area contributed by atoms with E-state index >= 15 is 0 Å². The number of hydrogen-bond donors (Lipinski definition) is 1. The first-order valence-electron chi connectivity index (χ1n) is 8.70. The maximum absolute atomic E-state index is 12.6. The van der Waals surface area contributed by atoms with Crippen LogP contribution in [0.5, 0.6) is 5.75 Å². The Morgan fingerprint density at radius 2 is 2.00 bits per heavy atom. The van der Waals surface area contributed by atoms with Crippen LogP contribution in [0, 0.1) is 12.8 Å². The van der Waals surface area contributed by atoms with Crippen molar-refractivity contribution in [1.82, 2.24) is 4.72 Å². The van der Waals surface area contributed by atoms with Gasteiger partial charge in [0.25, 0.3) is 0 Å². The van der Waals surface area contributed by atoms with Gasteiger partial charge in [0.15, 0.2) is 0 Å². The van der Waals surface area contributed by atoms with E-state index in [-0.39, 0.29) is 6.04 Å². The molecular weight excluding hydrogens is 310 g/mol. The Morgan fingerprint density at radius 1 is 1.26 bits per heavy atom. The Bertz CT molecular complexity index is 613. The molecule has 0 spiro atoms. The summed E-state index contributed by atoms with van der Waals surface area (Å²) in [5.74, 6) is 1.17. The monoisotopic (exact) mass is 339 g/mol. The van der Waals surface area contributed by atoms with Crippen molar-refractivity contribution < 1.29 is 13.2 Å². The summed E-state index contributed by atoms with van der Waals surface area (Å²) >= 11 is 0. The molecule has 0 amide bonds. The smallest absolute Gasteiger partial charge is 0.240 e. The molecule has 1 aliphatic carbocycles. The van der Waals surface area contributed by atoms with Crippen LogP contribution >= 0.6 is 0 Å². The fourth-order valence-electron chi connectivity index (χ4n) is 3.04. The molecule has 1 aromatic rings. The van der Waals surface area contributed by atoms with E-state index in [0.29, 0.717) is 17.4 Å². The number of unbranched alkanes of at least 4 members (excludes halogenated alkanes) is 1. The lowest BCUT2D eigenvalue weighted by molar-refractivity contribution is 0.307. The zero-order valence-corrected chi connectivity index (χ0v) is 15.3. The van der Waals surface area contributed by atoms with Gasteiger partial charge in [0.1, 0.15) is 5.75 Å². The highest BCUT2D eigenvalue weighted by Gasteiger charge is 2.27. The van der Waals surface area contributed by atoms with Gasteiger partial charge in [0.05, 0.1) is 11.5 Å². The summed E-state index contributed by atoms with van der Waals surface area (Å²) in [6.45, 7) is 6.80. The lowest BCUT2D eigenvalue weighted by atomic mass is 9.87. The molecular formula is C18H29NO3S. The lowest BCUT2D eigenvalue weighted by Crippen LogP contribution is -2.40. The molecule has 2 rings (SSSR count). The molecule has 2 atom stereocenters. The van der Waals surface area contributed by atoms with Crippen molar-refractivity contribution in [3.63, 3.8) is 0 Å². The van der Waals surface area contributed by atoms with Crippen molar-refractivity contribution in [3.05, 3.63) is 23.8 Å². The summed E-state index contributed by atoms with van der Waals surface area (Å²) in [4.78, 5) is 0.329. The fraction of sp³-hybridized carbons (Fsp3) is 0.667. The number of nitrogens with one attached hydrogen (secondary N) is 1. The van der Waals surface area contributed by atoms with E-state index in [1.165, 1.54) is 6.42 Å². The van der Waals surface area contributed by atoms with Gasteiger partial charge in [-0.2, -0.15) is 0 Å². The molecule has 1 fully saturated rings. The molecule has 130 valence electrons. The highest BCUT2D eigenvalue weighted by molar-refractivity contribution is 7.89. The molecule has 0 aliphatic heterocycles. The van der Waals surface area contributed by atoms with Crippen LogP contribution in [0.3, 0.4) is 0 Å². The molecule has 1 saturated carbocycles. The molecule has 0 unspecified atom stereocenters. The first kappa shape index (κ1) is 18.3. The van der Waals surface area contributed by atoms with Crippen LogP contribution in [-0.2, 0) is 10.0 Å². The second kappa shape index (κ2) is 8.15. The average Bonchev–Trinajstić information content (AvgIpc) is 2.51. The van der Waals surface area contributed by atoms with Gasteiger partial charge in [-0.15, -0.1) is 0 Å². The van der Waals surface area contributed by atoms with Crippen molar-refractivity contribution in [2.75, 3.05) is 6.61 Å². The molecule has 4 nitrogen and oxygen atoms in total. The van der Waals surface area contributed by atoms with E-state index in [0.717, 1.165) is 43.4 Å². The average molecular weight is 340 g/mol. The molecule has 0 bridgehead atoms. The SMILES string of the molecule is CCCCOc1ccc(S(=O)(=O)N[C@H]2CCCC[C@H]2C)cc1C. The van der Waals surface area contributed by atoms with Crippen molar-refractivity contribution in [1.29, 1.82) is 0 Å². The second-order valence-corrected chi connectivity index (χ2v) is 8.33. The van der Waals surface area contributed by atoms with Crippen molar-refractivity contribution in [3.8, 4) is 5.75 Å². The Morgan fingerprint density at radius 3 is 2.65 bits per heavy atom. The summed E-state index contributed by atoms with van der Waals surface area (Å²) < 4.78 is 33.8. The number of aryl methyl sites for hydroxylation is 1. The molecule has 0 heterocycles. The first-order chi connectivity index (χ1) is 10.9. The van der Waals surface area contributed by atoms with Crippen LogP contribution in [-0.4, -0.2) is 21.1 Å². The van der Waals surface area contributed by atoms with Gasteiger partial charge in [0, 0.05) is 6.04 Å². The van der Waals surface area contributed by atoms with Gasteiger partial charge in [-0.1, -0.05) is 33.1 Å². The van der Waals surface area contributed by atoms with Crippen LogP contribution < -0.4 is 9.46 Å². The molecule has 0 aromatic heterocycles. The van der Waals surface area contributed by atoms with Gasteiger partial charge >= 0.3 is 0 Å². The number of ether oxygens (including phenoxy) is 1. The van der Waals surface area contributed by atoms with Gasteiger partial charge in [0.2, 0.25) is 10.0 Å². The largest absolute Gasteiger partial charge is 0.493 e. The minimum Gasteiger partial charge on any atom is -0.493 e. The summed E-state index contributed by atoms with van der Waals surface area (Å²) in [7, 11) is -3.46. The van der Waals surface area contributed by atoms with Crippen LogP contribution in [0.25, 0.3) is 0 Å². The second-order valence-electron chi connectivity index (χ2n) is 6.62. The van der Waals surface area contributed by atoms with E-state index < -0.39 is 10.0 Å². The predicted molar refractivity (Wildman–Crippen MR) is 93.3 cm³/mol. The standard InChI is InChI=1S/C18H29NO3S/c1-4-5-12-22-18-11-10-16(13-15(18)3)23(20,21)19-17-9-7-6-8-14(17)2/h10-11,13-14,17,19H,4-9,12H2,1-3H3/t14-,17+/m1/s1. The molecule has 0 saturated heterocycles. The summed E-state index contributed by atoms with van der Waals surface area (Å²) in [6.07, 6.45) is 6.40. The molecule has 1 N–H and O–H groups in total. The Hall–Kier alpha value is -1.07. The number of rotatable bonds is 7. The van der Waals surface area contributed by atoms with E-state index in [1.54, 1.807) is 18.2 Å². The zero-order valence-electron chi connectivity index (χ0n) is 14.5. The van der Waals surface area contributed by atoms with E-state index in [1.807, 2.05) is 6.92 Å². The summed E-state index contributed by atoms with van der Waals surface area (Å²) in [6, 6.07) is 5.17. The highest BCUT2D eigenvalue weighted by atomic mass is 32.2. The van der Waals surface area contributed by atoms with Gasteiger partial charge in [-0.25, -0.2) is 13.1 Å². The van der Waals surface area contributed by atoms with Crippen molar-refractivity contribution in [2.24, 2.45) is 5.92 Å². The van der Waals surface area contributed by atoms with Crippen LogP contribution in [0.15, 0.2) is 23.1 Å². The third kappa shape index (κ3) is 4.95. The van der Waals surface area contributed by atoms with Crippen molar-refractivity contribution in [2.45, 2.75) is 70.2 Å². The van der Waals surface area contributed by atoms with E-state index in [9.17, 15) is 8.42 Å². The van der Waals surface area contributed by atoms with Crippen LogP contribution in [0.1, 0.15) is 57.9 Å². The van der Waals surface area contributed by atoms with Crippen molar-refractivity contribution >= 4 is 10.0 Å². The Labute approximate surface area is 140 Å². The fourth-order valence-corrected chi connectivity index (χ4v) is 4.50. The normalized spacial score (nSPS) is 22.0. The first-order valence-corrected chi connectivity index (χ1v) is 10.2. The van der Waals surface area contributed by atoms with Gasteiger partial charge in [-0.3, -0.25) is 0 Å². The molecule has 23 heavy (non-hydrogen) atoms. The maximum atomic E-state index is 12.6. The zero-order chi connectivity index (χ0) is 16.9. The quantitative estimate of drug-likeness (QED) is 0.763. The number of hydrogen-bond acceptors (Lipinski definition) is 3. The third-order valence-corrected chi connectivity index (χ3v) is 6.12. The molecule has 1 aromatic carbocycles. The van der Waals surface area contributed by atoms with E-state index in [2.05, 4.69) is 18.6 Å². The minimum atomic E-state index is -3.46. The van der Waals surface area contributed by atoms with Crippen LogP contribution in [0.2, 0.25) is 0 Å². The predicted octanol–water partition coefficient (Wildman–Crippen LogP) is 4.03. The maximum Gasteiger partial charge on any atom is 0.240 e. The lowest BCUT2D eigenvalue weighted by Gasteiger charge is -2.29. The Balaban J connectivity index is 2.08. The van der Waals surface area contributed by atoms with Crippen LogP contribution in [0.4, 0.5) is 0 Å². The summed E-state index contributed by atoms with van der Waals surface area (Å²) in [5, 5.41) is 0. The number of sulfonamides is 1. The topological polar surface area (TPSA) is 55.4 Å². The molecule has 5 heteroatoms. The highest BCUT2D eigenvalue weighted by Crippen LogP contribution is 2.27. The van der Waals surface area contributed by atoms with Gasteiger partial charge < -0.3 is 4.74 Å².